The molecule has 0 spiro atoms. The third-order valence-electron chi connectivity index (χ3n) is 8.75. The SMILES string of the molecule is [C-]#[N+]c1nc(CC)c(NC2CCC(O)CC2)nc1Nc1ccc(N2CCC(N3CCN(C)CC3)CC2)cc1OC. The van der Waals surface area contributed by atoms with Crippen LogP contribution in [0.2, 0.25) is 0 Å². The lowest BCUT2D eigenvalue weighted by Crippen LogP contribution is -2.52. The Morgan fingerprint density at radius 3 is 2.38 bits per heavy atom. The van der Waals surface area contributed by atoms with Crippen LogP contribution in [0.4, 0.5) is 28.8 Å². The predicted octanol–water partition coefficient (Wildman–Crippen LogP) is 4.27. The summed E-state index contributed by atoms with van der Waals surface area (Å²) in [5.74, 6) is 2.09. The zero-order chi connectivity index (χ0) is 28.1. The molecule has 1 aromatic carbocycles. The quantitative estimate of drug-likeness (QED) is 0.418. The molecule has 3 heterocycles. The molecule has 3 N–H and O–H groups in total. The Morgan fingerprint density at radius 2 is 1.73 bits per heavy atom. The van der Waals surface area contributed by atoms with E-state index in [1.54, 1.807) is 7.11 Å². The molecule has 40 heavy (non-hydrogen) atoms. The van der Waals surface area contributed by atoms with Crippen LogP contribution in [-0.4, -0.2) is 96.5 Å². The largest absolute Gasteiger partial charge is 0.494 e. The van der Waals surface area contributed by atoms with Crippen LogP contribution in [0.3, 0.4) is 0 Å². The molecule has 1 aromatic heterocycles. The number of aryl methyl sites for hydroxylation is 1. The number of methoxy groups -OCH3 is 1. The number of piperazine rings is 1. The first kappa shape index (κ1) is 28.4. The Hall–Kier alpha value is -3.13. The van der Waals surface area contributed by atoms with Crippen LogP contribution in [0.5, 0.6) is 5.75 Å². The number of rotatable bonds is 8. The van der Waals surface area contributed by atoms with Crippen molar-refractivity contribution in [2.75, 3.05) is 69.0 Å². The highest BCUT2D eigenvalue weighted by atomic mass is 16.5. The van der Waals surface area contributed by atoms with E-state index < -0.39 is 0 Å². The number of piperidine rings is 1. The molecule has 216 valence electrons. The molecule has 2 aliphatic heterocycles. The van der Waals surface area contributed by atoms with Gasteiger partial charge in [-0.3, -0.25) is 4.90 Å². The predicted molar refractivity (Wildman–Crippen MR) is 160 cm³/mol. The maximum Gasteiger partial charge on any atom is 0.312 e. The molecular weight excluding hydrogens is 504 g/mol. The number of ether oxygens (including phenoxy) is 1. The molecule has 0 bridgehead atoms. The lowest BCUT2D eigenvalue weighted by Gasteiger charge is -2.42. The average molecular weight is 549 g/mol. The van der Waals surface area contributed by atoms with Gasteiger partial charge in [-0.1, -0.05) is 13.5 Å². The van der Waals surface area contributed by atoms with Crippen LogP contribution in [0.1, 0.15) is 51.1 Å². The monoisotopic (exact) mass is 548 g/mol. The van der Waals surface area contributed by atoms with Gasteiger partial charge < -0.3 is 35.1 Å². The van der Waals surface area contributed by atoms with Gasteiger partial charge in [-0.15, -0.1) is 4.98 Å². The Morgan fingerprint density at radius 1 is 1.00 bits per heavy atom. The fourth-order valence-corrected chi connectivity index (χ4v) is 6.18. The minimum absolute atomic E-state index is 0.213. The van der Waals surface area contributed by atoms with Crippen molar-refractivity contribution < 1.29 is 9.84 Å². The molecule has 0 radical (unpaired) electrons. The van der Waals surface area contributed by atoms with Crippen molar-refractivity contribution in [3.05, 3.63) is 35.3 Å². The minimum atomic E-state index is -0.213. The number of hydrogen-bond donors (Lipinski definition) is 3. The average Bonchev–Trinajstić information content (AvgIpc) is 2.99. The smallest absolute Gasteiger partial charge is 0.312 e. The topological polar surface area (TPSA) is 93.4 Å². The normalized spacial score (nSPS) is 23.0. The second-order valence-electron chi connectivity index (χ2n) is 11.4. The standard InChI is InChI=1S/C30H44N8O2/c1-5-25-28(32-21-6-9-24(39)10-7-21)35-30(29(31-2)33-25)34-26-11-8-23(20-27(26)40-4)37-14-12-22(13-15-37)38-18-16-36(3)17-19-38/h8,11,20-22,24,39H,5-7,9-10,12-19H2,1,3-4H3,(H2,32,34,35). The molecule has 0 unspecified atom stereocenters. The second kappa shape index (κ2) is 13.0. The number of aliphatic hydroxyl groups excluding tert-OH is 1. The summed E-state index contributed by atoms with van der Waals surface area (Å²) >= 11 is 0. The van der Waals surface area contributed by atoms with Crippen LogP contribution in [0, 0.1) is 6.57 Å². The first-order chi connectivity index (χ1) is 19.5. The molecule has 0 atom stereocenters. The number of aliphatic hydroxyl groups is 1. The van der Waals surface area contributed by atoms with Crippen molar-refractivity contribution in [2.45, 2.75) is 70.1 Å². The van der Waals surface area contributed by atoms with Gasteiger partial charge in [0, 0.05) is 69.5 Å². The number of hydrogen-bond acceptors (Lipinski definition) is 9. The molecule has 3 aliphatic rings. The fraction of sp³-hybridized carbons (Fsp3) is 0.633. The number of nitrogens with zero attached hydrogens (tertiary/aromatic N) is 6. The molecule has 10 nitrogen and oxygen atoms in total. The van der Waals surface area contributed by atoms with Gasteiger partial charge in [0.1, 0.15) is 5.75 Å². The second-order valence-corrected chi connectivity index (χ2v) is 11.4. The van der Waals surface area contributed by atoms with Gasteiger partial charge in [-0.25, -0.2) is 4.98 Å². The van der Waals surface area contributed by atoms with Gasteiger partial charge in [-0.05, 0) is 57.7 Å². The van der Waals surface area contributed by atoms with Crippen molar-refractivity contribution >= 4 is 28.8 Å². The van der Waals surface area contributed by atoms with Crippen LogP contribution >= 0.6 is 0 Å². The fourth-order valence-electron chi connectivity index (χ4n) is 6.18. The number of aromatic nitrogens is 2. The van der Waals surface area contributed by atoms with Gasteiger partial charge in [0.15, 0.2) is 17.3 Å². The summed E-state index contributed by atoms with van der Waals surface area (Å²) in [4.78, 5) is 20.7. The molecule has 10 heteroatoms. The van der Waals surface area contributed by atoms with Crippen LogP contribution in [0.25, 0.3) is 4.85 Å². The van der Waals surface area contributed by atoms with E-state index in [2.05, 4.69) is 54.3 Å². The number of anilines is 4. The Balaban J connectivity index is 1.28. The zero-order valence-electron chi connectivity index (χ0n) is 24.2. The lowest BCUT2D eigenvalue weighted by atomic mass is 9.93. The summed E-state index contributed by atoms with van der Waals surface area (Å²) < 4.78 is 5.79. The molecule has 2 aromatic rings. The number of likely N-dealkylation sites (N-methyl/N-ethyl adjacent to an activating group) is 1. The highest BCUT2D eigenvalue weighted by Crippen LogP contribution is 2.36. The van der Waals surface area contributed by atoms with E-state index in [9.17, 15) is 5.11 Å². The van der Waals surface area contributed by atoms with E-state index in [0.717, 1.165) is 68.9 Å². The van der Waals surface area contributed by atoms with E-state index in [1.165, 1.54) is 25.9 Å². The van der Waals surface area contributed by atoms with Gasteiger partial charge in [-0.2, -0.15) is 0 Å². The third-order valence-corrected chi connectivity index (χ3v) is 8.75. The van der Waals surface area contributed by atoms with Crippen molar-refractivity contribution in [3.8, 4) is 5.75 Å². The van der Waals surface area contributed by atoms with Crippen LogP contribution in [-0.2, 0) is 6.42 Å². The van der Waals surface area contributed by atoms with Gasteiger partial charge >= 0.3 is 5.82 Å². The molecule has 3 fully saturated rings. The zero-order valence-corrected chi connectivity index (χ0v) is 24.2. The molecular formula is C30H44N8O2. The van der Waals surface area contributed by atoms with Gasteiger partial charge in [0.2, 0.25) is 0 Å². The summed E-state index contributed by atoms with van der Waals surface area (Å²) in [6.07, 6.45) is 6.17. The molecule has 1 saturated carbocycles. The van der Waals surface area contributed by atoms with Gasteiger partial charge in [0.05, 0.1) is 18.9 Å². The first-order valence-corrected chi connectivity index (χ1v) is 14.8. The Labute approximate surface area is 238 Å². The summed E-state index contributed by atoms with van der Waals surface area (Å²) in [7, 11) is 3.89. The lowest BCUT2D eigenvalue weighted by molar-refractivity contribution is 0.0982. The van der Waals surface area contributed by atoms with E-state index in [1.807, 2.05) is 13.0 Å². The number of nitrogens with one attached hydrogen (secondary N) is 2. The maximum atomic E-state index is 9.88. The van der Waals surface area contributed by atoms with E-state index in [4.69, 9.17) is 16.3 Å². The summed E-state index contributed by atoms with van der Waals surface area (Å²) in [5.41, 5.74) is 2.69. The van der Waals surface area contributed by atoms with E-state index in [-0.39, 0.29) is 18.0 Å². The molecule has 0 amide bonds. The molecule has 2 saturated heterocycles. The van der Waals surface area contributed by atoms with E-state index in [0.29, 0.717) is 29.8 Å². The van der Waals surface area contributed by atoms with Crippen molar-refractivity contribution in [2.24, 2.45) is 0 Å². The first-order valence-electron chi connectivity index (χ1n) is 14.8. The Kier molecular flexibility index (Phi) is 9.25. The van der Waals surface area contributed by atoms with Crippen LogP contribution in [0.15, 0.2) is 18.2 Å². The highest BCUT2D eigenvalue weighted by molar-refractivity contribution is 5.75. The molecule has 1 aliphatic carbocycles. The maximum absolute atomic E-state index is 9.88. The summed E-state index contributed by atoms with van der Waals surface area (Å²) in [5, 5.41) is 16.8. The van der Waals surface area contributed by atoms with Crippen LogP contribution < -0.4 is 20.3 Å². The minimum Gasteiger partial charge on any atom is -0.494 e. The van der Waals surface area contributed by atoms with Crippen molar-refractivity contribution in [3.63, 3.8) is 0 Å². The van der Waals surface area contributed by atoms with Crippen molar-refractivity contribution in [1.82, 2.24) is 19.8 Å². The highest BCUT2D eigenvalue weighted by Gasteiger charge is 2.27. The Bertz CT molecular complexity index is 1180. The summed E-state index contributed by atoms with van der Waals surface area (Å²) in [6, 6.07) is 7.13. The molecule has 5 rings (SSSR count). The summed E-state index contributed by atoms with van der Waals surface area (Å²) in [6.45, 7) is 16.5. The van der Waals surface area contributed by atoms with Gasteiger partial charge in [0.25, 0.3) is 0 Å². The third kappa shape index (κ3) is 6.60. The number of benzene rings is 1. The van der Waals surface area contributed by atoms with Crippen molar-refractivity contribution in [1.29, 1.82) is 0 Å². The van der Waals surface area contributed by atoms with E-state index >= 15 is 0 Å².